The summed E-state index contributed by atoms with van der Waals surface area (Å²) in [5, 5.41) is 13.6. The highest BCUT2D eigenvalue weighted by Gasteiger charge is 2.24. The normalized spacial score (nSPS) is 12.6. The molecular weight excluding hydrogens is 336 g/mol. The minimum Gasteiger partial charge on any atom is -0.444 e. The van der Waals surface area contributed by atoms with Crippen LogP contribution in [0.4, 0.5) is 4.79 Å². The van der Waals surface area contributed by atoms with Gasteiger partial charge in [-0.15, -0.1) is 0 Å². The monoisotopic (exact) mass is 368 g/mol. The highest BCUT2D eigenvalue weighted by atomic mass is 32.1. The van der Waals surface area contributed by atoms with E-state index >= 15 is 0 Å². The van der Waals surface area contributed by atoms with Gasteiger partial charge in [0.05, 0.1) is 12.1 Å². The van der Waals surface area contributed by atoms with Gasteiger partial charge in [-0.3, -0.25) is 4.99 Å². The maximum Gasteiger partial charge on any atom is 0.408 e. The molecule has 1 aromatic heterocycles. The van der Waals surface area contributed by atoms with Crippen LogP contribution in [0.2, 0.25) is 0 Å². The highest BCUT2D eigenvalue weighted by Crippen LogP contribution is 2.10. The van der Waals surface area contributed by atoms with Gasteiger partial charge in [0.15, 0.2) is 5.96 Å². The first kappa shape index (κ1) is 21.3. The number of guanidine groups is 1. The Labute approximate surface area is 155 Å². The third-order valence-corrected chi connectivity index (χ3v) is 3.83. The van der Waals surface area contributed by atoms with Crippen molar-refractivity contribution in [3.63, 3.8) is 0 Å². The van der Waals surface area contributed by atoms with E-state index in [0.717, 1.165) is 25.5 Å². The van der Waals surface area contributed by atoms with Gasteiger partial charge >= 0.3 is 6.09 Å². The number of hydrogen-bond donors (Lipinski definition) is 3. The Kier molecular flexibility index (Phi) is 8.22. The molecule has 1 aromatic rings. The van der Waals surface area contributed by atoms with E-state index in [1.54, 1.807) is 11.3 Å². The Morgan fingerprint density at radius 1 is 1.24 bits per heavy atom. The molecule has 1 heterocycles. The van der Waals surface area contributed by atoms with Crippen molar-refractivity contribution < 1.29 is 9.53 Å². The average Bonchev–Trinajstić information content (AvgIpc) is 2.95. The van der Waals surface area contributed by atoms with Crippen molar-refractivity contribution in [1.29, 1.82) is 0 Å². The fourth-order valence-electron chi connectivity index (χ4n) is 2.00. The Bertz CT molecular complexity index is 548. The van der Waals surface area contributed by atoms with Crippen molar-refractivity contribution in [1.82, 2.24) is 16.0 Å². The van der Waals surface area contributed by atoms with Gasteiger partial charge in [-0.1, -0.05) is 0 Å². The molecule has 0 fully saturated rings. The zero-order valence-corrected chi connectivity index (χ0v) is 17.0. The van der Waals surface area contributed by atoms with Crippen molar-refractivity contribution in [3.8, 4) is 0 Å². The van der Waals surface area contributed by atoms with Crippen molar-refractivity contribution in [2.45, 2.75) is 59.1 Å². The van der Waals surface area contributed by atoms with Crippen molar-refractivity contribution in [2.75, 3.05) is 19.6 Å². The summed E-state index contributed by atoms with van der Waals surface area (Å²) < 4.78 is 5.31. The van der Waals surface area contributed by atoms with E-state index in [9.17, 15) is 4.79 Å². The first-order chi connectivity index (χ1) is 11.6. The molecule has 0 bridgehead atoms. The molecule has 7 heteroatoms. The minimum atomic E-state index is -0.512. The molecule has 0 atom stereocenters. The molecule has 0 aliphatic carbocycles. The fourth-order valence-corrected chi connectivity index (χ4v) is 2.70. The molecule has 1 amide bonds. The van der Waals surface area contributed by atoms with E-state index in [1.165, 1.54) is 5.56 Å². The van der Waals surface area contributed by atoms with Crippen LogP contribution in [0.15, 0.2) is 21.8 Å². The summed E-state index contributed by atoms with van der Waals surface area (Å²) >= 11 is 1.71. The van der Waals surface area contributed by atoms with Crippen LogP contribution in [-0.4, -0.2) is 42.8 Å². The predicted octanol–water partition coefficient (Wildman–Crippen LogP) is 3.15. The Balaban J connectivity index is 2.51. The molecule has 0 saturated heterocycles. The second-order valence-corrected chi connectivity index (χ2v) is 8.29. The second kappa shape index (κ2) is 9.65. The second-order valence-electron chi connectivity index (χ2n) is 7.51. The van der Waals surface area contributed by atoms with Crippen LogP contribution in [0, 0.1) is 0 Å². The quantitative estimate of drug-likeness (QED) is 0.510. The van der Waals surface area contributed by atoms with Crippen LogP contribution in [0.3, 0.4) is 0 Å². The lowest BCUT2D eigenvalue weighted by Crippen LogP contribution is -2.49. The summed E-state index contributed by atoms with van der Waals surface area (Å²) in [5.74, 6) is 0.747. The predicted molar refractivity (Wildman–Crippen MR) is 105 cm³/mol. The average molecular weight is 369 g/mol. The first-order valence-electron chi connectivity index (χ1n) is 8.66. The third-order valence-electron chi connectivity index (χ3n) is 3.10. The van der Waals surface area contributed by atoms with Crippen LogP contribution >= 0.6 is 11.3 Å². The molecule has 0 unspecified atom stereocenters. The van der Waals surface area contributed by atoms with E-state index < -0.39 is 17.2 Å². The van der Waals surface area contributed by atoms with Gasteiger partial charge in [0.25, 0.3) is 0 Å². The van der Waals surface area contributed by atoms with E-state index in [4.69, 9.17) is 4.74 Å². The van der Waals surface area contributed by atoms with Crippen LogP contribution < -0.4 is 16.0 Å². The largest absolute Gasteiger partial charge is 0.444 e. The molecule has 0 spiro atoms. The van der Waals surface area contributed by atoms with E-state index in [0.29, 0.717) is 6.54 Å². The molecule has 0 aliphatic rings. The van der Waals surface area contributed by atoms with Gasteiger partial charge in [-0.2, -0.15) is 11.3 Å². The van der Waals surface area contributed by atoms with Crippen molar-refractivity contribution in [3.05, 3.63) is 22.4 Å². The number of ether oxygens (including phenoxy) is 1. The Morgan fingerprint density at radius 2 is 1.96 bits per heavy atom. The van der Waals surface area contributed by atoms with E-state index in [-0.39, 0.29) is 0 Å². The first-order valence-corrected chi connectivity index (χ1v) is 9.60. The molecule has 0 saturated carbocycles. The van der Waals surface area contributed by atoms with Crippen LogP contribution in [0.25, 0.3) is 0 Å². The minimum absolute atomic E-state index is 0.428. The molecule has 3 N–H and O–H groups in total. The number of thiophene rings is 1. The SMILES string of the molecule is CCNC(=NCC(C)(C)NC(=O)OC(C)(C)C)NCCc1ccsc1. The van der Waals surface area contributed by atoms with Gasteiger partial charge in [-0.25, -0.2) is 4.79 Å². The van der Waals surface area contributed by atoms with Crippen LogP contribution in [0.5, 0.6) is 0 Å². The topological polar surface area (TPSA) is 74.8 Å². The number of rotatable bonds is 7. The zero-order valence-electron chi connectivity index (χ0n) is 16.2. The summed E-state index contributed by atoms with van der Waals surface area (Å²) in [6.45, 7) is 13.5. The fraction of sp³-hybridized carbons (Fsp3) is 0.667. The number of aliphatic imine (C=N–C) groups is 1. The summed E-state index contributed by atoms with van der Waals surface area (Å²) in [4.78, 5) is 16.5. The van der Waals surface area contributed by atoms with Gasteiger partial charge in [-0.05, 0) is 70.4 Å². The van der Waals surface area contributed by atoms with E-state index in [2.05, 4.69) is 37.8 Å². The smallest absolute Gasteiger partial charge is 0.408 e. The Hall–Kier alpha value is -1.76. The number of alkyl carbamates (subject to hydrolysis) is 1. The zero-order chi connectivity index (χ0) is 18.9. The lowest BCUT2D eigenvalue weighted by molar-refractivity contribution is 0.0476. The van der Waals surface area contributed by atoms with Crippen molar-refractivity contribution >= 4 is 23.4 Å². The van der Waals surface area contributed by atoms with Crippen molar-refractivity contribution in [2.24, 2.45) is 4.99 Å². The van der Waals surface area contributed by atoms with Gasteiger partial charge in [0.2, 0.25) is 0 Å². The van der Waals surface area contributed by atoms with Gasteiger partial charge in [0, 0.05) is 13.1 Å². The summed E-state index contributed by atoms with van der Waals surface area (Å²) in [7, 11) is 0. The molecule has 25 heavy (non-hydrogen) atoms. The number of nitrogens with one attached hydrogen (secondary N) is 3. The lowest BCUT2D eigenvalue weighted by atomic mass is 10.1. The molecular formula is C18H32N4O2S. The molecule has 0 radical (unpaired) electrons. The summed E-state index contributed by atoms with van der Waals surface area (Å²) in [6.07, 6.45) is 0.524. The maximum atomic E-state index is 11.9. The highest BCUT2D eigenvalue weighted by molar-refractivity contribution is 7.07. The molecule has 1 rings (SSSR count). The van der Waals surface area contributed by atoms with Gasteiger partial charge < -0.3 is 20.7 Å². The standard InChI is InChI=1S/C18H32N4O2S/c1-7-19-15(20-10-8-14-9-11-25-12-14)21-13-18(5,6)22-16(23)24-17(2,3)4/h9,11-12H,7-8,10,13H2,1-6H3,(H,22,23)(H2,19,20,21). The third kappa shape index (κ3) is 9.96. The number of amides is 1. The van der Waals surface area contributed by atoms with Gasteiger partial charge in [0.1, 0.15) is 5.60 Å². The molecule has 0 aliphatic heterocycles. The number of hydrogen-bond acceptors (Lipinski definition) is 4. The lowest BCUT2D eigenvalue weighted by Gasteiger charge is -2.27. The van der Waals surface area contributed by atoms with Crippen LogP contribution in [0.1, 0.15) is 47.1 Å². The summed E-state index contributed by atoms with van der Waals surface area (Å²) in [6, 6.07) is 2.13. The molecule has 0 aromatic carbocycles. The summed E-state index contributed by atoms with van der Waals surface area (Å²) in [5.41, 5.74) is 0.305. The Morgan fingerprint density at radius 3 is 2.52 bits per heavy atom. The number of carbonyl (C=O) groups is 1. The number of carbonyl (C=O) groups excluding carboxylic acids is 1. The number of nitrogens with zero attached hydrogens (tertiary/aromatic N) is 1. The maximum absolute atomic E-state index is 11.9. The molecule has 6 nitrogen and oxygen atoms in total. The molecule has 142 valence electrons. The van der Waals surface area contributed by atoms with E-state index in [1.807, 2.05) is 41.5 Å². The van der Waals surface area contributed by atoms with Crippen LogP contribution in [-0.2, 0) is 11.2 Å².